The van der Waals surface area contributed by atoms with E-state index in [1.165, 1.54) is 10.4 Å². The standard InChI is InChI=1S/C20H23FN2O4S/c1-2-3-15-4-6-16(7-5-15)22-20(24)18-14-17(8-9-19(18)21)28(25,26)23-10-12-27-13-11-23/h4-9,14H,2-3,10-13H2,1H3,(H,22,24). The molecule has 0 radical (unpaired) electrons. The average Bonchev–Trinajstić information content (AvgIpc) is 2.70. The van der Waals surface area contributed by atoms with Crippen molar-refractivity contribution in [2.24, 2.45) is 0 Å². The largest absolute Gasteiger partial charge is 0.379 e. The zero-order valence-corrected chi connectivity index (χ0v) is 16.5. The number of ether oxygens (including phenoxy) is 1. The van der Waals surface area contributed by atoms with E-state index in [2.05, 4.69) is 12.2 Å². The Morgan fingerprint density at radius 3 is 2.46 bits per heavy atom. The van der Waals surface area contributed by atoms with Crippen LogP contribution in [0.3, 0.4) is 0 Å². The van der Waals surface area contributed by atoms with E-state index >= 15 is 0 Å². The molecule has 0 aliphatic carbocycles. The molecule has 1 amide bonds. The number of sulfonamides is 1. The number of morpholine rings is 1. The Kier molecular flexibility index (Phi) is 6.43. The zero-order valence-electron chi connectivity index (χ0n) is 15.7. The van der Waals surface area contributed by atoms with Gasteiger partial charge in [-0.05, 0) is 42.3 Å². The fourth-order valence-electron chi connectivity index (χ4n) is 3.02. The Balaban J connectivity index is 1.81. The van der Waals surface area contributed by atoms with E-state index in [0.717, 1.165) is 30.5 Å². The van der Waals surface area contributed by atoms with Gasteiger partial charge in [-0.2, -0.15) is 4.31 Å². The van der Waals surface area contributed by atoms with Crippen LogP contribution in [0.15, 0.2) is 47.4 Å². The molecule has 0 atom stereocenters. The lowest BCUT2D eigenvalue weighted by Crippen LogP contribution is -2.40. The summed E-state index contributed by atoms with van der Waals surface area (Å²) in [6.07, 6.45) is 1.95. The highest BCUT2D eigenvalue weighted by molar-refractivity contribution is 7.89. The van der Waals surface area contributed by atoms with Crippen molar-refractivity contribution in [1.82, 2.24) is 4.31 Å². The van der Waals surface area contributed by atoms with Crippen LogP contribution in [-0.2, 0) is 21.2 Å². The Hall–Kier alpha value is -2.29. The number of rotatable bonds is 6. The monoisotopic (exact) mass is 406 g/mol. The van der Waals surface area contributed by atoms with Crippen LogP contribution in [-0.4, -0.2) is 44.9 Å². The molecule has 0 unspecified atom stereocenters. The summed E-state index contributed by atoms with van der Waals surface area (Å²) in [5.41, 5.74) is 1.35. The molecule has 150 valence electrons. The quantitative estimate of drug-likeness (QED) is 0.800. The molecule has 28 heavy (non-hydrogen) atoms. The Morgan fingerprint density at radius 1 is 1.14 bits per heavy atom. The molecule has 0 spiro atoms. The van der Waals surface area contributed by atoms with Crippen molar-refractivity contribution in [1.29, 1.82) is 0 Å². The lowest BCUT2D eigenvalue weighted by molar-refractivity contribution is 0.0730. The molecule has 8 heteroatoms. The van der Waals surface area contributed by atoms with Crippen LogP contribution >= 0.6 is 0 Å². The van der Waals surface area contributed by atoms with E-state index in [-0.39, 0.29) is 23.5 Å². The van der Waals surface area contributed by atoms with Crippen LogP contribution in [0.4, 0.5) is 10.1 Å². The van der Waals surface area contributed by atoms with Crippen LogP contribution < -0.4 is 5.32 Å². The molecule has 0 saturated carbocycles. The number of amides is 1. The predicted octanol–water partition coefficient (Wildman–Crippen LogP) is 3.05. The van der Waals surface area contributed by atoms with E-state index in [9.17, 15) is 17.6 Å². The fraction of sp³-hybridized carbons (Fsp3) is 0.350. The Labute approximate surface area is 164 Å². The minimum atomic E-state index is -3.81. The highest BCUT2D eigenvalue weighted by Gasteiger charge is 2.27. The number of hydrogen-bond donors (Lipinski definition) is 1. The van der Waals surface area contributed by atoms with Crippen molar-refractivity contribution in [3.05, 3.63) is 59.4 Å². The lowest BCUT2D eigenvalue weighted by atomic mass is 10.1. The normalized spacial score (nSPS) is 15.4. The van der Waals surface area contributed by atoms with Crippen molar-refractivity contribution in [2.75, 3.05) is 31.6 Å². The predicted molar refractivity (Wildman–Crippen MR) is 104 cm³/mol. The van der Waals surface area contributed by atoms with Crippen LogP contribution in [0.25, 0.3) is 0 Å². The second kappa shape index (κ2) is 8.81. The van der Waals surface area contributed by atoms with E-state index in [4.69, 9.17) is 4.74 Å². The van der Waals surface area contributed by atoms with Crippen LogP contribution in [0.5, 0.6) is 0 Å². The van der Waals surface area contributed by atoms with Gasteiger partial charge in [0, 0.05) is 18.8 Å². The third-order valence-electron chi connectivity index (χ3n) is 4.54. The summed E-state index contributed by atoms with van der Waals surface area (Å²) in [6.45, 7) is 3.15. The van der Waals surface area contributed by atoms with E-state index in [0.29, 0.717) is 18.9 Å². The van der Waals surface area contributed by atoms with Crippen LogP contribution in [0, 0.1) is 5.82 Å². The summed E-state index contributed by atoms with van der Waals surface area (Å²) >= 11 is 0. The Morgan fingerprint density at radius 2 is 1.82 bits per heavy atom. The smallest absolute Gasteiger partial charge is 0.258 e. The molecule has 1 heterocycles. The van der Waals surface area contributed by atoms with Gasteiger partial charge in [0.15, 0.2) is 0 Å². The summed E-state index contributed by atoms with van der Waals surface area (Å²) in [5, 5.41) is 2.62. The second-order valence-electron chi connectivity index (χ2n) is 6.56. The van der Waals surface area contributed by atoms with Gasteiger partial charge in [0.05, 0.1) is 23.7 Å². The van der Waals surface area contributed by atoms with E-state index in [1.807, 2.05) is 12.1 Å². The molecule has 1 aliphatic rings. The minimum absolute atomic E-state index is 0.112. The molecule has 2 aromatic rings. The van der Waals surface area contributed by atoms with Crippen molar-refractivity contribution < 1.29 is 22.3 Å². The molecule has 2 aromatic carbocycles. The topological polar surface area (TPSA) is 75.7 Å². The molecule has 1 N–H and O–H groups in total. The number of anilines is 1. The molecule has 1 fully saturated rings. The summed E-state index contributed by atoms with van der Waals surface area (Å²) < 4.78 is 46.2. The first-order valence-corrected chi connectivity index (χ1v) is 10.6. The number of carbonyl (C=O) groups excluding carboxylic acids is 1. The van der Waals surface area contributed by atoms with Crippen LogP contribution in [0.1, 0.15) is 29.3 Å². The first-order chi connectivity index (χ1) is 13.4. The molecule has 0 bridgehead atoms. The highest BCUT2D eigenvalue weighted by Crippen LogP contribution is 2.21. The summed E-state index contributed by atoms with van der Waals surface area (Å²) in [6, 6.07) is 10.6. The van der Waals surface area contributed by atoms with Gasteiger partial charge in [0.1, 0.15) is 5.82 Å². The number of benzene rings is 2. The van der Waals surface area contributed by atoms with Gasteiger partial charge >= 0.3 is 0 Å². The van der Waals surface area contributed by atoms with E-state index in [1.54, 1.807) is 12.1 Å². The maximum absolute atomic E-state index is 14.2. The number of hydrogen-bond acceptors (Lipinski definition) is 4. The summed E-state index contributed by atoms with van der Waals surface area (Å²) in [4.78, 5) is 12.4. The number of carbonyl (C=O) groups is 1. The zero-order chi connectivity index (χ0) is 20.1. The van der Waals surface area contributed by atoms with Crippen molar-refractivity contribution in [3.63, 3.8) is 0 Å². The first-order valence-electron chi connectivity index (χ1n) is 9.19. The maximum Gasteiger partial charge on any atom is 0.258 e. The maximum atomic E-state index is 14.2. The number of nitrogens with one attached hydrogen (secondary N) is 1. The molecule has 1 aliphatic heterocycles. The first kappa shape index (κ1) is 20.4. The van der Waals surface area contributed by atoms with Gasteiger partial charge in [-0.15, -0.1) is 0 Å². The lowest BCUT2D eigenvalue weighted by Gasteiger charge is -2.26. The van der Waals surface area contributed by atoms with Crippen LogP contribution in [0.2, 0.25) is 0 Å². The molecule has 3 rings (SSSR count). The minimum Gasteiger partial charge on any atom is -0.379 e. The molecule has 0 aromatic heterocycles. The molecule has 6 nitrogen and oxygen atoms in total. The van der Waals surface area contributed by atoms with Gasteiger partial charge in [-0.25, -0.2) is 12.8 Å². The van der Waals surface area contributed by atoms with Gasteiger partial charge in [0.25, 0.3) is 5.91 Å². The second-order valence-corrected chi connectivity index (χ2v) is 8.50. The van der Waals surface area contributed by atoms with Gasteiger partial charge < -0.3 is 10.1 Å². The van der Waals surface area contributed by atoms with E-state index < -0.39 is 21.7 Å². The Bertz CT molecular complexity index is 939. The molecular formula is C20H23FN2O4S. The molecule has 1 saturated heterocycles. The van der Waals surface area contributed by atoms with Crippen molar-refractivity contribution in [3.8, 4) is 0 Å². The van der Waals surface area contributed by atoms with Crippen molar-refractivity contribution in [2.45, 2.75) is 24.7 Å². The van der Waals surface area contributed by atoms with Gasteiger partial charge in [-0.3, -0.25) is 4.79 Å². The third kappa shape index (κ3) is 4.57. The number of aryl methyl sites for hydroxylation is 1. The summed E-state index contributed by atoms with van der Waals surface area (Å²) in [7, 11) is -3.81. The molecular weight excluding hydrogens is 383 g/mol. The van der Waals surface area contributed by atoms with Crippen molar-refractivity contribution >= 4 is 21.6 Å². The SMILES string of the molecule is CCCc1ccc(NC(=O)c2cc(S(=O)(=O)N3CCOCC3)ccc2F)cc1. The van der Waals surface area contributed by atoms with Gasteiger partial charge in [0.2, 0.25) is 10.0 Å². The summed E-state index contributed by atoms with van der Waals surface area (Å²) in [5.74, 6) is -1.47. The third-order valence-corrected chi connectivity index (χ3v) is 6.44. The number of nitrogens with zero attached hydrogens (tertiary/aromatic N) is 1. The average molecular weight is 406 g/mol. The fourth-order valence-corrected chi connectivity index (χ4v) is 4.45. The highest BCUT2D eigenvalue weighted by atomic mass is 32.2. The van der Waals surface area contributed by atoms with Gasteiger partial charge in [-0.1, -0.05) is 25.5 Å². The number of halogens is 1.